The molecule has 2 aromatic rings. The van der Waals surface area contributed by atoms with Crippen molar-refractivity contribution in [1.29, 1.82) is 0 Å². The normalized spacial score (nSPS) is 12.7. The van der Waals surface area contributed by atoms with E-state index in [4.69, 9.17) is 9.47 Å². The molecule has 226 valence electrons. The Morgan fingerprint density at radius 1 is 0.951 bits per heavy atom. The van der Waals surface area contributed by atoms with Crippen LogP contribution in [0, 0.1) is 6.92 Å². The van der Waals surface area contributed by atoms with E-state index in [1.54, 1.807) is 52.1 Å². The Morgan fingerprint density at radius 3 is 2.17 bits per heavy atom. The molecule has 2 unspecified atom stereocenters. The van der Waals surface area contributed by atoms with Crippen molar-refractivity contribution >= 4 is 23.6 Å². The van der Waals surface area contributed by atoms with Crippen LogP contribution in [-0.2, 0) is 14.3 Å². The summed E-state index contributed by atoms with van der Waals surface area (Å²) < 4.78 is 10.5. The van der Waals surface area contributed by atoms with Crippen molar-refractivity contribution in [3.05, 3.63) is 59.7 Å². The lowest BCUT2D eigenvalue weighted by Crippen LogP contribution is -2.54. The number of hydrogen-bond donors (Lipinski definition) is 3. The monoisotopic (exact) mass is 569 g/mol. The van der Waals surface area contributed by atoms with Crippen LogP contribution in [0.4, 0.5) is 10.5 Å². The van der Waals surface area contributed by atoms with Gasteiger partial charge in [0.2, 0.25) is 5.91 Å². The molecule has 0 fully saturated rings. The predicted molar refractivity (Wildman–Crippen MR) is 161 cm³/mol. The average molecular weight is 570 g/mol. The molecule has 0 radical (unpaired) electrons. The van der Waals surface area contributed by atoms with Gasteiger partial charge >= 0.3 is 6.09 Å². The Hall–Kier alpha value is -3.59. The van der Waals surface area contributed by atoms with Gasteiger partial charge in [-0.3, -0.25) is 9.59 Å². The zero-order valence-corrected chi connectivity index (χ0v) is 25.4. The van der Waals surface area contributed by atoms with E-state index in [2.05, 4.69) is 17.6 Å². The van der Waals surface area contributed by atoms with Gasteiger partial charge in [0.15, 0.2) is 0 Å². The van der Waals surface area contributed by atoms with E-state index in [9.17, 15) is 19.5 Å². The first-order valence-electron chi connectivity index (χ1n) is 14.4. The van der Waals surface area contributed by atoms with Crippen LogP contribution in [-0.4, -0.2) is 59.8 Å². The first-order valence-corrected chi connectivity index (χ1v) is 14.4. The third-order valence-corrected chi connectivity index (χ3v) is 6.61. The Bertz CT molecular complexity index is 1110. The molecule has 0 heterocycles. The van der Waals surface area contributed by atoms with E-state index in [0.717, 1.165) is 37.7 Å². The molecule has 0 aliphatic carbocycles. The molecular weight excluding hydrogens is 522 g/mol. The second-order valence-corrected chi connectivity index (χ2v) is 11.2. The number of hydrogen-bond acceptors (Lipinski definition) is 6. The van der Waals surface area contributed by atoms with Crippen LogP contribution >= 0.6 is 0 Å². The molecule has 0 saturated carbocycles. The number of alkyl carbamates (subject to hydrolysis) is 1. The lowest BCUT2D eigenvalue weighted by atomic mass is 9.97. The second-order valence-electron chi connectivity index (χ2n) is 11.2. The summed E-state index contributed by atoms with van der Waals surface area (Å²) in [7, 11) is 1.57. The van der Waals surface area contributed by atoms with Gasteiger partial charge in [0, 0.05) is 12.2 Å². The molecule has 2 atom stereocenters. The number of benzene rings is 2. The molecule has 0 bridgehead atoms. The fourth-order valence-corrected chi connectivity index (χ4v) is 4.49. The van der Waals surface area contributed by atoms with Gasteiger partial charge in [-0.15, -0.1) is 0 Å². The number of carbonyl (C=O) groups is 3. The number of rotatable bonds is 15. The Labute approximate surface area is 244 Å². The maximum Gasteiger partial charge on any atom is 0.408 e. The van der Waals surface area contributed by atoms with Gasteiger partial charge in [0.05, 0.1) is 13.7 Å². The molecule has 2 aromatic carbocycles. The number of unbranched alkanes of at least 4 members (excludes halogenated alkanes) is 5. The molecule has 3 N–H and O–H groups in total. The summed E-state index contributed by atoms with van der Waals surface area (Å²) in [5, 5.41) is 15.6. The van der Waals surface area contributed by atoms with Crippen molar-refractivity contribution in [2.45, 2.75) is 90.8 Å². The van der Waals surface area contributed by atoms with Gasteiger partial charge < -0.3 is 30.1 Å². The van der Waals surface area contributed by atoms with Crippen LogP contribution in [0.1, 0.15) is 83.4 Å². The summed E-state index contributed by atoms with van der Waals surface area (Å²) in [6, 6.07) is 12.1. The highest BCUT2D eigenvalue weighted by Gasteiger charge is 2.36. The SMILES string of the molecule is CCCCCCCCN(C(=O)C(CO)NC(=O)OC(C)(C)C)C(C(=O)Nc1ccc(OC)cc1)c1ccccc1C. The summed E-state index contributed by atoms with van der Waals surface area (Å²) in [6.45, 7) is 8.80. The molecule has 0 aliphatic heterocycles. The molecule has 9 heteroatoms. The summed E-state index contributed by atoms with van der Waals surface area (Å²) in [6.07, 6.45) is 5.11. The molecular formula is C32H47N3O6. The van der Waals surface area contributed by atoms with E-state index in [-0.39, 0.29) is 6.54 Å². The summed E-state index contributed by atoms with van der Waals surface area (Å²) in [5.74, 6) is -0.319. The summed E-state index contributed by atoms with van der Waals surface area (Å²) in [5.41, 5.74) is 1.26. The highest BCUT2D eigenvalue weighted by molar-refractivity contribution is 5.99. The van der Waals surface area contributed by atoms with Crippen LogP contribution < -0.4 is 15.4 Å². The minimum atomic E-state index is -1.29. The Balaban J connectivity index is 2.44. The van der Waals surface area contributed by atoms with Crippen LogP contribution in [0.5, 0.6) is 5.75 Å². The third-order valence-electron chi connectivity index (χ3n) is 6.61. The number of anilines is 1. The van der Waals surface area contributed by atoms with E-state index in [1.807, 2.05) is 31.2 Å². The molecule has 41 heavy (non-hydrogen) atoms. The molecule has 0 aromatic heterocycles. The Morgan fingerprint density at radius 2 is 1.59 bits per heavy atom. The van der Waals surface area contributed by atoms with Crippen molar-refractivity contribution < 1.29 is 29.0 Å². The highest BCUT2D eigenvalue weighted by atomic mass is 16.6. The number of carbonyl (C=O) groups excluding carboxylic acids is 3. The van der Waals surface area contributed by atoms with E-state index < -0.39 is 42.2 Å². The van der Waals surface area contributed by atoms with Crippen molar-refractivity contribution in [2.24, 2.45) is 0 Å². The number of aryl methyl sites for hydroxylation is 1. The highest BCUT2D eigenvalue weighted by Crippen LogP contribution is 2.28. The van der Waals surface area contributed by atoms with Gasteiger partial charge in [-0.2, -0.15) is 0 Å². The van der Waals surface area contributed by atoms with Gasteiger partial charge in [-0.25, -0.2) is 4.79 Å². The number of aliphatic hydroxyl groups is 1. The van der Waals surface area contributed by atoms with Crippen molar-refractivity contribution in [1.82, 2.24) is 10.2 Å². The molecule has 0 saturated heterocycles. The first kappa shape index (κ1) is 33.6. The molecule has 3 amide bonds. The quantitative estimate of drug-likeness (QED) is 0.235. The lowest BCUT2D eigenvalue weighted by molar-refractivity contribution is -0.141. The van der Waals surface area contributed by atoms with Gasteiger partial charge in [0.1, 0.15) is 23.4 Å². The van der Waals surface area contributed by atoms with E-state index in [0.29, 0.717) is 23.4 Å². The summed E-state index contributed by atoms with van der Waals surface area (Å²) in [4.78, 5) is 42.0. The number of nitrogens with zero attached hydrogens (tertiary/aromatic N) is 1. The molecule has 9 nitrogen and oxygen atoms in total. The largest absolute Gasteiger partial charge is 0.497 e. The minimum Gasteiger partial charge on any atom is -0.497 e. The fraction of sp³-hybridized carbons (Fsp3) is 0.531. The van der Waals surface area contributed by atoms with Crippen LogP contribution in [0.25, 0.3) is 0 Å². The van der Waals surface area contributed by atoms with E-state index >= 15 is 0 Å². The predicted octanol–water partition coefficient (Wildman–Crippen LogP) is 5.76. The molecule has 0 aliphatic rings. The second kappa shape index (κ2) is 16.6. The van der Waals surface area contributed by atoms with E-state index in [1.165, 1.54) is 4.90 Å². The maximum absolute atomic E-state index is 14.0. The van der Waals surface area contributed by atoms with Crippen molar-refractivity contribution in [3.63, 3.8) is 0 Å². The minimum absolute atomic E-state index is 0.270. The van der Waals surface area contributed by atoms with Crippen LogP contribution in [0.3, 0.4) is 0 Å². The number of aliphatic hydroxyl groups excluding tert-OH is 1. The van der Waals surface area contributed by atoms with Gasteiger partial charge in [-0.05, 0) is 69.5 Å². The number of methoxy groups -OCH3 is 1. The van der Waals surface area contributed by atoms with Crippen molar-refractivity contribution in [2.75, 3.05) is 25.6 Å². The smallest absolute Gasteiger partial charge is 0.408 e. The standard InChI is InChI=1S/C32H47N3O6/c1-7-8-9-10-11-14-21-35(30(38)27(22-36)34-31(39)41-32(3,4)5)28(26-16-13-12-15-23(26)2)29(37)33-24-17-19-25(40-6)20-18-24/h12-13,15-20,27-28,36H,7-11,14,21-22H2,1-6H3,(H,33,37)(H,34,39). The van der Waals surface area contributed by atoms with Gasteiger partial charge in [0.25, 0.3) is 5.91 Å². The van der Waals surface area contributed by atoms with Gasteiger partial charge in [-0.1, -0.05) is 63.3 Å². The van der Waals surface area contributed by atoms with Crippen LogP contribution in [0.15, 0.2) is 48.5 Å². The molecule has 2 rings (SSSR count). The van der Waals surface area contributed by atoms with Crippen LogP contribution in [0.2, 0.25) is 0 Å². The zero-order valence-electron chi connectivity index (χ0n) is 25.4. The summed E-state index contributed by atoms with van der Waals surface area (Å²) >= 11 is 0. The number of nitrogens with one attached hydrogen (secondary N) is 2. The third kappa shape index (κ3) is 11.1. The van der Waals surface area contributed by atoms with Crippen molar-refractivity contribution in [3.8, 4) is 5.75 Å². The topological polar surface area (TPSA) is 117 Å². The Kier molecular flexibility index (Phi) is 13.6. The number of amides is 3. The first-order chi connectivity index (χ1) is 19.5. The lowest BCUT2D eigenvalue weighted by Gasteiger charge is -2.34. The number of ether oxygens (including phenoxy) is 2. The average Bonchev–Trinajstić information content (AvgIpc) is 2.92. The zero-order chi connectivity index (χ0) is 30.4. The maximum atomic E-state index is 14.0. The molecule has 0 spiro atoms. The fourth-order valence-electron chi connectivity index (χ4n) is 4.49.